The molecule has 1 aromatic heterocycles. The molecule has 2 heterocycles. The van der Waals surface area contributed by atoms with Crippen LogP contribution in [0, 0.1) is 6.92 Å². The van der Waals surface area contributed by atoms with E-state index < -0.39 is 0 Å². The molecule has 0 bridgehead atoms. The minimum Gasteiger partial charge on any atom is -0.465 e. The number of ether oxygens (including phenoxy) is 3. The number of hydrogen-bond donors (Lipinski definition) is 1. The van der Waals surface area contributed by atoms with E-state index in [9.17, 15) is 4.79 Å². The Morgan fingerprint density at radius 3 is 2.96 bits per heavy atom. The van der Waals surface area contributed by atoms with Crippen LogP contribution in [-0.4, -0.2) is 49.5 Å². The summed E-state index contributed by atoms with van der Waals surface area (Å²) in [5.41, 5.74) is 3.32. The van der Waals surface area contributed by atoms with E-state index in [0.717, 1.165) is 43.5 Å². The molecule has 0 spiro atoms. The molecule has 1 aromatic rings. The molecule has 148 valence electrons. The maximum atomic E-state index is 11.6. The van der Waals surface area contributed by atoms with Crippen molar-refractivity contribution in [3.05, 3.63) is 29.5 Å². The lowest BCUT2D eigenvalue weighted by atomic mass is 9.90. The van der Waals surface area contributed by atoms with E-state index in [2.05, 4.69) is 16.4 Å². The van der Waals surface area contributed by atoms with Gasteiger partial charge in [0.25, 0.3) is 0 Å². The third kappa shape index (κ3) is 5.53. The van der Waals surface area contributed by atoms with Crippen molar-refractivity contribution in [2.45, 2.75) is 58.1 Å². The fourth-order valence-electron chi connectivity index (χ4n) is 3.70. The van der Waals surface area contributed by atoms with Crippen LogP contribution in [0.4, 0.5) is 0 Å². The maximum Gasteiger partial charge on any atom is 0.344 e. The highest BCUT2D eigenvalue weighted by atomic mass is 16.6. The molecule has 6 heteroatoms. The standard InChI is InChI=1S/C21H30N2O4/c1-3-25-19(24)14-27-21-20(15(2)10-12-23-21)16-6-8-18(9-7-16)26-13-17-5-4-11-22-17/h6,10,12,17-18,22H,3-5,7-9,11,13-14H2,1-2H3. The number of nitrogens with one attached hydrogen (secondary N) is 1. The van der Waals surface area contributed by atoms with Crippen molar-refractivity contribution in [3.8, 4) is 5.88 Å². The predicted molar refractivity (Wildman–Crippen MR) is 104 cm³/mol. The molecule has 27 heavy (non-hydrogen) atoms. The summed E-state index contributed by atoms with van der Waals surface area (Å²) in [4.78, 5) is 15.9. The molecule has 0 amide bonds. The van der Waals surface area contributed by atoms with Gasteiger partial charge >= 0.3 is 5.97 Å². The Balaban J connectivity index is 1.61. The quantitative estimate of drug-likeness (QED) is 0.706. The van der Waals surface area contributed by atoms with E-state index in [1.54, 1.807) is 13.1 Å². The van der Waals surface area contributed by atoms with Crippen molar-refractivity contribution >= 4 is 11.5 Å². The molecule has 0 aromatic carbocycles. The Morgan fingerprint density at radius 1 is 1.37 bits per heavy atom. The van der Waals surface area contributed by atoms with Gasteiger partial charge < -0.3 is 19.5 Å². The molecule has 6 nitrogen and oxygen atoms in total. The van der Waals surface area contributed by atoms with Crippen molar-refractivity contribution in [1.82, 2.24) is 10.3 Å². The van der Waals surface area contributed by atoms with Crippen LogP contribution < -0.4 is 10.1 Å². The Morgan fingerprint density at radius 2 is 2.26 bits per heavy atom. The average molecular weight is 374 g/mol. The Bertz CT molecular complexity index is 668. The first-order valence-corrected chi connectivity index (χ1v) is 9.95. The van der Waals surface area contributed by atoms with Gasteiger partial charge in [-0.3, -0.25) is 0 Å². The van der Waals surface area contributed by atoms with E-state index in [0.29, 0.717) is 18.5 Å². The first-order valence-electron chi connectivity index (χ1n) is 9.95. The topological polar surface area (TPSA) is 69.7 Å². The number of aryl methyl sites for hydroxylation is 1. The molecule has 3 rings (SSSR count). The summed E-state index contributed by atoms with van der Waals surface area (Å²) in [6.07, 6.45) is 9.49. The number of rotatable bonds is 8. The third-order valence-electron chi connectivity index (χ3n) is 5.14. The van der Waals surface area contributed by atoms with E-state index in [1.165, 1.54) is 18.4 Å². The predicted octanol–water partition coefficient (Wildman–Crippen LogP) is 3.04. The largest absolute Gasteiger partial charge is 0.465 e. The Hall–Kier alpha value is -1.92. The lowest BCUT2D eigenvalue weighted by Crippen LogP contribution is -2.30. The van der Waals surface area contributed by atoms with Crippen LogP contribution in [-0.2, 0) is 14.3 Å². The Labute approximate surface area is 161 Å². The van der Waals surface area contributed by atoms with Crippen LogP contribution in [0.3, 0.4) is 0 Å². The van der Waals surface area contributed by atoms with Gasteiger partial charge in [-0.2, -0.15) is 0 Å². The lowest BCUT2D eigenvalue weighted by Gasteiger charge is -2.25. The van der Waals surface area contributed by atoms with Gasteiger partial charge in [0, 0.05) is 17.8 Å². The highest BCUT2D eigenvalue weighted by Crippen LogP contribution is 2.35. The summed E-state index contributed by atoms with van der Waals surface area (Å²) in [6.45, 7) is 5.96. The number of aromatic nitrogens is 1. The number of nitrogens with zero attached hydrogens (tertiary/aromatic N) is 1. The van der Waals surface area contributed by atoms with Crippen molar-refractivity contribution in [1.29, 1.82) is 0 Å². The fourth-order valence-corrected chi connectivity index (χ4v) is 3.70. The van der Waals surface area contributed by atoms with Gasteiger partial charge in [0.15, 0.2) is 6.61 Å². The number of esters is 1. The van der Waals surface area contributed by atoms with Crippen LogP contribution in [0.25, 0.3) is 5.57 Å². The number of carbonyl (C=O) groups is 1. The number of hydrogen-bond acceptors (Lipinski definition) is 6. The normalized spacial score (nSPS) is 22.4. The van der Waals surface area contributed by atoms with Gasteiger partial charge in [-0.1, -0.05) is 6.08 Å². The second-order valence-corrected chi connectivity index (χ2v) is 7.15. The van der Waals surface area contributed by atoms with Crippen LogP contribution in [0.2, 0.25) is 0 Å². The van der Waals surface area contributed by atoms with Gasteiger partial charge in [-0.15, -0.1) is 0 Å². The van der Waals surface area contributed by atoms with Gasteiger partial charge in [-0.05, 0) is 69.7 Å². The molecule has 0 radical (unpaired) electrons. The minimum atomic E-state index is -0.377. The third-order valence-corrected chi connectivity index (χ3v) is 5.14. The first kappa shape index (κ1) is 19.8. The van der Waals surface area contributed by atoms with Crippen LogP contribution in [0.15, 0.2) is 18.3 Å². The fraction of sp³-hybridized carbons (Fsp3) is 0.619. The van der Waals surface area contributed by atoms with Crippen LogP contribution in [0.5, 0.6) is 5.88 Å². The van der Waals surface area contributed by atoms with Crippen molar-refractivity contribution < 1.29 is 19.0 Å². The summed E-state index contributed by atoms with van der Waals surface area (Å²) in [5.74, 6) is 0.127. The molecule has 2 atom stereocenters. The molecule has 1 aliphatic carbocycles. The second-order valence-electron chi connectivity index (χ2n) is 7.15. The molecular weight excluding hydrogens is 344 g/mol. The van der Waals surface area contributed by atoms with Gasteiger partial charge in [0.05, 0.1) is 19.3 Å². The number of carbonyl (C=O) groups excluding carboxylic acids is 1. The van der Waals surface area contributed by atoms with E-state index >= 15 is 0 Å². The van der Waals surface area contributed by atoms with Crippen molar-refractivity contribution in [2.24, 2.45) is 0 Å². The van der Waals surface area contributed by atoms with Gasteiger partial charge in [0.2, 0.25) is 5.88 Å². The summed E-state index contributed by atoms with van der Waals surface area (Å²) in [6, 6.07) is 2.49. The molecule has 1 fully saturated rings. The van der Waals surface area contributed by atoms with Crippen LogP contribution in [0.1, 0.15) is 50.2 Å². The van der Waals surface area contributed by atoms with Gasteiger partial charge in [-0.25, -0.2) is 9.78 Å². The van der Waals surface area contributed by atoms with Crippen molar-refractivity contribution in [3.63, 3.8) is 0 Å². The highest BCUT2D eigenvalue weighted by Gasteiger charge is 2.22. The lowest BCUT2D eigenvalue weighted by molar-refractivity contribution is -0.145. The summed E-state index contributed by atoms with van der Waals surface area (Å²) >= 11 is 0. The van der Waals surface area contributed by atoms with Crippen molar-refractivity contribution in [2.75, 3.05) is 26.4 Å². The zero-order valence-electron chi connectivity index (χ0n) is 16.3. The second kappa shape index (κ2) is 9.85. The number of pyridine rings is 1. The molecule has 1 saturated heterocycles. The molecule has 2 aliphatic rings. The van der Waals surface area contributed by atoms with E-state index in [1.807, 2.05) is 13.0 Å². The summed E-state index contributed by atoms with van der Waals surface area (Å²) in [7, 11) is 0. The summed E-state index contributed by atoms with van der Waals surface area (Å²) < 4.78 is 16.7. The highest BCUT2D eigenvalue weighted by molar-refractivity contribution is 5.74. The molecule has 2 unspecified atom stereocenters. The zero-order chi connectivity index (χ0) is 19.1. The monoisotopic (exact) mass is 374 g/mol. The Kier molecular flexibility index (Phi) is 7.24. The number of allylic oxidation sites excluding steroid dienone is 1. The van der Waals surface area contributed by atoms with E-state index in [4.69, 9.17) is 14.2 Å². The van der Waals surface area contributed by atoms with E-state index in [-0.39, 0.29) is 18.7 Å². The smallest absolute Gasteiger partial charge is 0.344 e. The van der Waals surface area contributed by atoms with Gasteiger partial charge in [0.1, 0.15) is 0 Å². The molecule has 1 aliphatic heterocycles. The minimum absolute atomic E-state index is 0.120. The zero-order valence-corrected chi connectivity index (χ0v) is 16.3. The maximum absolute atomic E-state index is 11.6. The average Bonchev–Trinajstić information content (AvgIpc) is 3.19. The first-order chi connectivity index (χ1) is 13.2. The SMILES string of the molecule is CCOC(=O)COc1nccc(C)c1C1=CCC(OCC2CCCN2)CC1. The summed E-state index contributed by atoms with van der Waals surface area (Å²) in [5, 5.41) is 3.47. The molecule has 0 saturated carbocycles. The molecule has 1 N–H and O–H groups in total. The molecular formula is C21H30N2O4. The van der Waals surface area contributed by atoms with Crippen LogP contribution >= 0.6 is 0 Å².